The number of aliphatic hydroxyl groups is 1. The molecule has 0 fully saturated rings. The lowest BCUT2D eigenvalue weighted by Gasteiger charge is -2.36. The van der Waals surface area contributed by atoms with E-state index in [1.807, 2.05) is 37.3 Å². The van der Waals surface area contributed by atoms with Gasteiger partial charge in [0.1, 0.15) is 6.10 Å². The Morgan fingerprint density at radius 1 is 1.18 bits per heavy atom. The van der Waals surface area contributed by atoms with E-state index in [2.05, 4.69) is 38.8 Å². The summed E-state index contributed by atoms with van der Waals surface area (Å²) in [4.78, 5) is 4.59. The largest absolute Gasteiger partial charge is 0.414 e. The molecule has 0 saturated carbocycles. The highest BCUT2D eigenvalue weighted by Crippen LogP contribution is 2.37. The highest BCUT2D eigenvalue weighted by molar-refractivity contribution is 6.74. The molecular formula is C18H27NO2Si. The molecule has 2 rings (SSSR count). The molecule has 120 valence electrons. The van der Waals surface area contributed by atoms with Gasteiger partial charge >= 0.3 is 0 Å². The zero-order chi connectivity index (χ0) is 16.5. The van der Waals surface area contributed by atoms with Crippen molar-refractivity contribution < 1.29 is 9.53 Å². The Morgan fingerprint density at radius 3 is 2.50 bits per heavy atom. The van der Waals surface area contributed by atoms with Gasteiger partial charge in [0.05, 0.1) is 12.1 Å². The van der Waals surface area contributed by atoms with Gasteiger partial charge in [0, 0.05) is 16.6 Å². The molecule has 22 heavy (non-hydrogen) atoms. The minimum absolute atomic E-state index is 0.139. The van der Waals surface area contributed by atoms with Crippen LogP contribution in [0.15, 0.2) is 30.3 Å². The number of aryl methyl sites for hydroxylation is 1. The predicted octanol–water partition coefficient (Wildman–Crippen LogP) is 4.60. The average molecular weight is 318 g/mol. The third kappa shape index (κ3) is 3.56. The summed E-state index contributed by atoms with van der Waals surface area (Å²) >= 11 is 0. The van der Waals surface area contributed by atoms with Gasteiger partial charge in [-0.1, -0.05) is 45.0 Å². The summed E-state index contributed by atoms with van der Waals surface area (Å²) in [5, 5.41) is 11.8. The standard InChI is InChI=1S/C18H27NO2Si/c1-13-10-11-14-8-7-9-15(17(14)19-13)16(20)12-21-22(5,6)18(2,3)4/h7-11,16,20H,12H2,1-6H3/t16-/m1/s1. The van der Waals surface area contributed by atoms with Crippen LogP contribution >= 0.6 is 0 Å². The van der Waals surface area contributed by atoms with Crippen LogP contribution in [-0.2, 0) is 4.43 Å². The molecule has 0 aliphatic rings. The SMILES string of the molecule is Cc1ccc2cccc([C@H](O)CO[Si](C)(C)C(C)(C)C)c2n1. The number of hydrogen-bond acceptors (Lipinski definition) is 3. The summed E-state index contributed by atoms with van der Waals surface area (Å²) in [6, 6.07) is 9.96. The number of aromatic nitrogens is 1. The third-order valence-electron chi connectivity index (χ3n) is 4.66. The van der Waals surface area contributed by atoms with Crippen molar-refractivity contribution in [2.45, 2.75) is 51.9 Å². The Hall–Kier alpha value is -1.23. The molecule has 4 heteroatoms. The summed E-state index contributed by atoms with van der Waals surface area (Å²) in [5.74, 6) is 0. The summed E-state index contributed by atoms with van der Waals surface area (Å²) in [5.41, 5.74) is 2.67. The van der Waals surface area contributed by atoms with Crippen LogP contribution in [0.5, 0.6) is 0 Å². The summed E-state index contributed by atoms with van der Waals surface area (Å²) in [6.07, 6.45) is -0.646. The number of nitrogens with zero attached hydrogens (tertiary/aromatic N) is 1. The van der Waals surface area contributed by atoms with E-state index < -0.39 is 14.4 Å². The Balaban J connectivity index is 2.24. The first-order valence-electron chi connectivity index (χ1n) is 7.80. The van der Waals surface area contributed by atoms with Crippen LogP contribution in [0.3, 0.4) is 0 Å². The zero-order valence-corrected chi connectivity index (χ0v) is 15.5. The van der Waals surface area contributed by atoms with E-state index in [-0.39, 0.29) is 5.04 Å². The quantitative estimate of drug-likeness (QED) is 0.838. The third-order valence-corrected chi connectivity index (χ3v) is 9.16. The first kappa shape index (κ1) is 17.1. The van der Waals surface area contributed by atoms with Crippen molar-refractivity contribution in [2.75, 3.05) is 6.61 Å². The molecule has 0 spiro atoms. The van der Waals surface area contributed by atoms with Crippen molar-refractivity contribution in [3.63, 3.8) is 0 Å². The molecule has 0 aliphatic carbocycles. The van der Waals surface area contributed by atoms with Gasteiger partial charge in [0.15, 0.2) is 8.32 Å². The molecule has 1 heterocycles. The van der Waals surface area contributed by atoms with Gasteiger partial charge in [-0.15, -0.1) is 0 Å². The van der Waals surface area contributed by atoms with Crippen molar-refractivity contribution >= 4 is 19.2 Å². The molecule has 0 bridgehead atoms. The average Bonchev–Trinajstić information content (AvgIpc) is 2.43. The van der Waals surface area contributed by atoms with E-state index in [0.717, 1.165) is 22.2 Å². The van der Waals surface area contributed by atoms with Gasteiger partial charge in [0.2, 0.25) is 0 Å². The molecular weight excluding hydrogens is 290 g/mol. The van der Waals surface area contributed by atoms with Crippen LogP contribution in [0.4, 0.5) is 0 Å². The fraction of sp³-hybridized carbons (Fsp3) is 0.500. The summed E-state index contributed by atoms with van der Waals surface area (Å²) in [7, 11) is -1.86. The molecule has 0 saturated heterocycles. The van der Waals surface area contributed by atoms with E-state index >= 15 is 0 Å². The number of aliphatic hydroxyl groups excluding tert-OH is 1. The molecule has 1 aromatic carbocycles. The van der Waals surface area contributed by atoms with Crippen molar-refractivity contribution in [3.8, 4) is 0 Å². The van der Waals surface area contributed by atoms with E-state index in [9.17, 15) is 5.11 Å². The Bertz CT molecular complexity index is 662. The molecule has 0 unspecified atom stereocenters. The molecule has 0 aliphatic heterocycles. The van der Waals surface area contributed by atoms with Crippen LogP contribution in [0.2, 0.25) is 18.1 Å². The van der Waals surface area contributed by atoms with Crippen LogP contribution in [0.1, 0.15) is 38.1 Å². The first-order chi connectivity index (χ1) is 10.1. The van der Waals surface area contributed by atoms with E-state index in [4.69, 9.17) is 4.43 Å². The van der Waals surface area contributed by atoms with Crippen LogP contribution in [-0.4, -0.2) is 25.0 Å². The van der Waals surface area contributed by atoms with Crippen LogP contribution in [0, 0.1) is 6.92 Å². The number of para-hydroxylation sites is 1. The fourth-order valence-corrected chi connectivity index (χ4v) is 3.14. The fourth-order valence-electron chi connectivity index (χ4n) is 2.13. The number of benzene rings is 1. The smallest absolute Gasteiger partial charge is 0.192 e. The molecule has 3 nitrogen and oxygen atoms in total. The lowest BCUT2D eigenvalue weighted by molar-refractivity contribution is 0.101. The Kier molecular flexibility index (Phi) is 4.75. The lowest BCUT2D eigenvalue weighted by atomic mass is 10.1. The minimum Gasteiger partial charge on any atom is -0.414 e. The lowest BCUT2D eigenvalue weighted by Crippen LogP contribution is -2.41. The highest BCUT2D eigenvalue weighted by atomic mass is 28.4. The molecule has 1 aromatic heterocycles. The second-order valence-electron chi connectivity index (χ2n) is 7.46. The van der Waals surface area contributed by atoms with Gasteiger partial charge < -0.3 is 9.53 Å². The van der Waals surface area contributed by atoms with E-state index in [1.165, 1.54) is 0 Å². The number of pyridine rings is 1. The van der Waals surface area contributed by atoms with Crippen LogP contribution < -0.4 is 0 Å². The minimum atomic E-state index is -1.86. The van der Waals surface area contributed by atoms with Gasteiger partial charge in [0.25, 0.3) is 0 Å². The molecule has 0 amide bonds. The second-order valence-corrected chi connectivity index (χ2v) is 12.3. The van der Waals surface area contributed by atoms with Gasteiger partial charge in [-0.2, -0.15) is 0 Å². The van der Waals surface area contributed by atoms with Gasteiger partial charge in [-0.05, 0) is 31.1 Å². The van der Waals surface area contributed by atoms with Crippen molar-refractivity contribution in [1.82, 2.24) is 4.98 Å². The van der Waals surface area contributed by atoms with Crippen molar-refractivity contribution in [3.05, 3.63) is 41.6 Å². The number of fused-ring (bicyclic) bond motifs is 1. The maximum atomic E-state index is 10.6. The molecule has 2 aromatic rings. The molecule has 1 N–H and O–H groups in total. The van der Waals surface area contributed by atoms with Crippen molar-refractivity contribution in [1.29, 1.82) is 0 Å². The van der Waals surface area contributed by atoms with Crippen LogP contribution in [0.25, 0.3) is 10.9 Å². The predicted molar refractivity (Wildman–Crippen MR) is 94.6 cm³/mol. The molecule has 0 radical (unpaired) electrons. The van der Waals surface area contributed by atoms with Gasteiger partial charge in [-0.3, -0.25) is 4.98 Å². The normalized spacial score (nSPS) is 14.3. The Labute approximate surface area is 134 Å². The highest BCUT2D eigenvalue weighted by Gasteiger charge is 2.37. The maximum absolute atomic E-state index is 10.6. The van der Waals surface area contributed by atoms with E-state index in [0.29, 0.717) is 6.61 Å². The zero-order valence-electron chi connectivity index (χ0n) is 14.5. The number of hydrogen-bond donors (Lipinski definition) is 1. The first-order valence-corrected chi connectivity index (χ1v) is 10.7. The number of rotatable bonds is 4. The maximum Gasteiger partial charge on any atom is 0.192 e. The van der Waals surface area contributed by atoms with E-state index in [1.54, 1.807) is 0 Å². The summed E-state index contributed by atoms with van der Waals surface area (Å²) < 4.78 is 6.15. The monoisotopic (exact) mass is 317 g/mol. The van der Waals surface area contributed by atoms with Crippen molar-refractivity contribution in [2.24, 2.45) is 0 Å². The van der Waals surface area contributed by atoms with Gasteiger partial charge in [-0.25, -0.2) is 0 Å². The summed E-state index contributed by atoms with van der Waals surface area (Å²) in [6.45, 7) is 13.3. The molecule has 1 atom stereocenters. The Morgan fingerprint density at radius 2 is 1.86 bits per heavy atom. The second kappa shape index (κ2) is 6.11. The topological polar surface area (TPSA) is 42.4 Å².